The van der Waals surface area contributed by atoms with E-state index in [9.17, 15) is 63.0 Å². The number of phenols is 1. The summed E-state index contributed by atoms with van der Waals surface area (Å²) in [5, 5.41) is 45.2. The largest absolute Gasteiger partial charge is 0.506 e. The zero-order valence-electron chi connectivity index (χ0n) is 47.7. The summed E-state index contributed by atoms with van der Waals surface area (Å²) < 4.78 is 0.802. The number of phenolic OH excluding ortho intramolecular Hbond substituents is 1. The number of aliphatic imine (C=N–C) groups is 1. The maximum absolute atomic E-state index is 14.5. The van der Waals surface area contributed by atoms with Gasteiger partial charge in [0.2, 0.25) is 65.0 Å². The van der Waals surface area contributed by atoms with Crippen LogP contribution in [0.2, 0.25) is 0 Å². The first-order valence-corrected chi connectivity index (χ1v) is 30.2. The zero-order chi connectivity index (χ0) is 63.5. The smallest absolute Gasteiger partial charge is 0.245 e. The van der Waals surface area contributed by atoms with Crippen LogP contribution in [-0.4, -0.2) is 182 Å². The van der Waals surface area contributed by atoms with Crippen LogP contribution in [0.25, 0.3) is 10.9 Å². The summed E-state index contributed by atoms with van der Waals surface area (Å²) in [6.07, 6.45) is 5.22. The van der Waals surface area contributed by atoms with Crippen molar-refractivity contribution in [1.82, 2.24) is 67.7 Å². The molecule has 2 aliphatic heterocycles. The minimum Gasteiger partial charge on any atom is -0.506 e. The van der Waals surface area contributed by atoms with Crippen LogP contribution in [0.3, 0.4) is 0 Å². The lowest BCUT2D eigenvalue weighted by atomic mass is 10.0. The molecule has 2 fully saturated rings. The molecule has 0 aliphatic carbocycles. The van der Waals surface area contributed by atoms with Crippen molar-refractivity contribution in [3.8, 4) is 5.75 Å². The maximum Gasteiger partial charge on any atom is 0.245 e. The number of imidazole rings is 1. The number of aromatic amines is 2. The summed E-state index contributed by atoms with van der Waals surface area (Å²) in [6, 6.07) is -0.175. The van der Waals surface area contributed by atoms with Gasteiger partial charge in [0.25, 0.3) is 0 Å². The Morgan fingerprint density at radius 3 is 2.03 bits per heavy atom. The molecule has 0 spiro atoms. The fourth-order valence-corrected chi connectivity index (χ4v) is 11.8. The Morgan fingerprint density at radius 1 is 0.759 bits per heavy atom. The van der Waals surface area contributed by atoms with E-state index in [2.05, 4.69) is 67.8 Å². The van der Waals surface area contributed by atoms with Crippen LogP contribution < -0.4 is 65.1 Å². The number of nitrogens with one attached hydrogen (secondary N) is 11. The van der Waals surface area contributed by atoms with Crippen molar-refractivity contribution in [3.63, 3.8) is 0 Å². The van der Waals surface area contributed by atoms with E-state index in [1.54, 1.807) is 56.4 Å². The van der Waals surface area contributed by atoms with E-state index < -0.39 is 127 Å². The number of aliphatic hydroxyl groups excluding tert-OH is 1. The van der Waals surface area contributed by atoms with Crippen LogP contribution in [0.5, 0.6) is 5.75 Å². The second kappa shape index (κ2) is 32.5. The Bertz CT molecular complexity index is 3170. The van der Waals surface area contributed by atoms with Gasteiger partial charge in [-0.25, -0.2) is 4.98 Å². The number of carbonyl (C=O) groups excluding carboxylic acids is 11. The number of H-pyrrole nitrogens is 2. The molecule has 4 aromatic rings. The van der Waals surface area contributed by atoms with Gasteiger partial charge in [-0.05, 0) is 119 Å². The second-order valence-corrected chi connectivity index (χ2v) is 23.7. The molecule has 30 nitrogen and oxygen atoms in total. The van der Waals surface area contributed by atoms with Gasteiger partial charge in [0.05, 0.1) is 33.2 Å². The molecule has 32 heteroatoms. The maximum atomic E-state index is 14.5. The van der Waals surface area contributed by atoms with Crippen molar-refractivity contribution in [3.05, 3.63) is 79.1 Å². The standard InChI is InChI=1S/C55H73I2N17O13/c1-27(2)15-37(49(82)69-36(9-5-13-62-55(59)60)54(87)74-14-6-10-42(74)53(86)64-23-43(58)76)68-45(78)24-65-47(80)38(18-28-16-32(56)46(79)33(57)17-28)70-52(85)41(25-75)73-50(83)39(19-29-21-63-34-8-4-3-7-31(29)34)71-51(84)40(20-30-22-61-26-66-30)72-48(81)35-11-12-44(77)67-35/h3-4,7-8,16-17,21-22,26-27,35-42,63,75,79H,5-6,9-15,18-20,23-25H2,1-2H3,(H2,58,76)(H,61,66)(H,64,86)(H,65,80)(H,67,77)(H,68,78)(H,69,82)(H,70,85)(H,71,84)(H,72,81)(H,73,83)(H4,59,60,62). The molecule has 0 saturated carbocycles. The molecular weight excluding hydrogens is 1360 g/mol. The number of aromatic hydroxyl groups is 1. The molecule has 0 bridgehead atoms. The number of primary amides is 1. The van der Waals surface area contributed by atoms with Gasteiger partial charge in [-0.3, -0.25) is 57.7 Å². The van der Waals surface area contributed by atoms with Crippen LogP contribution in [0.4, 0.5) is 0 Å². The third kappa shape index (κ3) is 20.2. The Hall–Kier alpha value is -8.15. The summed E-state index contributed by atoms with van der Waals surface area (Å²) in [5.74, 6) is -8.81. The normalized spacial score (nSPS) is 16.7. The predicted octanol–water partition coefficient (Wildman–Crippen LogP) is -3.18. The highest BCUT2D eigenvalue weighted by atomic mass is 127. The summed E-state index contributed by atoms with van der Waals surface area (Å²) in [7, 11) is 0. The van der Waals surface area contributed by atoms with Gasteiger partial charge in [0.1, 0.15) is 54.1 Å². The third-order valence-corrected chi connectivity index (χ3v) is 15.9. The number of para-hydroxylation sites is 1. The number of nitrogens with two attached hydrogens (primary N) is 3. The van der Waals surface area contributed by atoms with Gasteiger partial charge >= 0.3 is 0 Å². The minimum absolute atomic E-state index is 0.0137. The lowest BCUT2D eigenvalue weighted by Crippen LogP contribution is -2.60. The second-order valence-electron chi connectivity index (χ2n) is 21.4. The number of guanidine groups is 1. The monoisotopic (exact) mass is 1430 g/mol. The molecule has 8 unspecified atom stereocenters. The highest BCUT2D eigenvalue weighted by Crippen LogP contribution is 2.28. The lowest BCUT2D eigenvalue weighted by molar-refractivity contribution is -0.142. The first-order chi connectivity index (χ1) is 41.4. The van der Waals surface area contributed by atoms with Gasteiger partial charge in [0, 0.05) is 67.8 Å². The molecule has 19 N–H and O–H groups in total. The molecule has 2 aromatic heterocycles. The number of likely N-dealkylation sites (tertiary alicyclic amines) is 1. The number of fused-ring (bicyclic) bond motifs is 1. The third-order valence-electron chi connectivity index (χ3n) is 14.2. The average molecular weight is 1430 g/mol. The number of aliphatic hydroxyl groups is 1. The zero-order valence-corrected chi connectivity index (χ0v) is 52.0. The molecule has 6 rings (SSSR count). The summed E-state index contributed by atoms with van der Waals surface area (Å²) in [6.45, 7) is 1.61. The Labute approximate surface area is 526 Å². The molecule has 8 atom stereocenters. The molecule has 2 aromatic carbocycles. The molecule has 11 amide bonds. The number of hydrogen-bond acceptors (Lipinski definition) is 15. The van der Waals surface area contributed by atoms with E-state index in [0.29, 0.717) is 41.3 Å². The van der Waals surface area contributed by atoms with Crippen molar-refractivity contribution in [2.45, 2.75) is 126 Å². The first-order valence-electron chi connectivity index (χ1n) is 28.0. The number of hydrogen-bond donors (Lipinski definition) is 16. The van der Waals surface area contributed by atoms with Gasteiger partial charge in [-0.2, -0.15) is 0 Å². The molecular formula is C55H73I2N17O13. The fourth-order valence-electron chi connectivity index (χ4n) is 9.90. The molecule has 470 valence electrons. The molecule has 0 radical (unpaired) electrons. The molecule has 2 saturated heterocycles. The van der Waals surface area contributed by atoms with Crippen LogP contribution in [0.15, 0.2) is 60.1 Å². The summed E-state index contributed by atoms with van der Waals surface area (Å²) >= 11 is 3.77. The number of amides is 11. The van der Waals surface area contributed by atoms with E-state index in [1.807, 2.05) is 45.2 Å². The van der Waals surface area contributed by atoms with Crippen LogP contribution in [0.1, 0.15) is 75.6 Å². The van der Waals surface area contributed by atoms with Gasteiger partial charge in [0.15, 0.2) is 5.96 Å². The minimum atomic E-state index is -1.77. The number of aromatic nitrogens is 3. The Morgan fingerprint density at radius 2 is 1.40 bits per heavy atom. The van der Waals surface area contributed by atoms with E-state index in [4.69, 9.17) is 17.2 Å². The van der Waals surface area contributed by atoms with E-state index in [0.717, 1.165) is 0 Å². The number of nitrogens with zero attached hydrogens (tertiary/aromatic N) is 3. The van der Waals surface area contributed by atoms with Crippen molar-refractivity contribution < 1.29 is 63.0 Å². The van der Waals surface area contributed by atoms with Crippen molar-refractivity contribution in [1.29, 1.82) is 0 Å². The molecule has 87 heavy (non-hydrogen) atoms. The van der Waals surface area contributed by atoms with Gasteiger partial charge in [-0.1, -0.05) is 32.0 Å². The summed E-state index contributed by atoms with van der Waals surface area (Å²) in [5.41, 5.74) is 18.4. The van der Waals surface area contributed by atoms with Crippen molar-refractivity contribution in [2.24, 2.45) is 28.1 Å². The Balaban J connectivity index is 1.19. The lowest BCUT2D eigenvalue weighted by Gasteiger charge is -2.30. The fraction of sp³-hybridized carbons (Fsp3) is 0.473. The summed E-state index contributed by atoms with van der Waals surface area (Å²) in [4.78, 5) is 165. The first kappa shape index (κ1) is 68.0. The topological polar surface area (TPSA) is 475 Å². The Kier molecular flexibility index (Phi) is 25.4. The molecule has 2 aliphatic rings. The highest BCUT2D eigenvalue weighted by molar-refractivity contribution is 14.1. The molecule has 4 heterocycles. The number of rotatable bonds is 31. The SMILES string of the molecule is CC(C)CC(NC(=O)CNC(=O)C(Cc1cc(I)c(O)c(I)c1)NC(=O)C(CO)NC(=O)C(Cc1c[nH]c2ccccc12)NC(=O)C(Cc1cnc[nH]1)NC(=O)C1CCC(=O)N1)C(=O)NC(CCCN=C(N)N)C(=O)N1CCCC1C(=O)NCC(N)=O. The average Bonchev–Trinajstić information content (AvgIpc) is 2.81. The number of benzene rings is 2. The quantitative estimate of drug-likeness (QED) is 0.0102. The number of halogens is 2. The van der Waals surface area contributed by atoms with E-state index >= 15 is 0 Å². The predicted molar refractivity (Wildman–Crippen MR) is 331 cm³/mol. The highest BCUT2D eigenvalue weighted by Gasteiger charge is 2.39. The van der Waals surface area contributed by atoms with Gasteiger partial charge in [-0.15, -0.1) is 0 Å². The van der Waals surface area contributed by atoms with Crippen LogP contribution in [0, 0.1) is 13.1 Å². The number of carbonyl (C=O) groups is 11. The van der Waals surface area contributed by atoms with E-state index in [-0.39, 0.29) is 94.4 Å². The van der Waals surface area contributed by atoms with Crippen molar-refractivity contribution in [2.75, 3.05) is 32.8 Å². The van der Waals surface area contributed by atoms with Crippen LogP contribution >= 0.6 is 45.2 Å². The van der Waals surface area contributed by atoms with Crippen molar-refractivity contribution >= 4 is 127 Å². The van der Waals surface area contributed by atoms with Crippen LogP contribution in [-0.2, 0) is 72.0 Å². The van der Waals surface area contributed by atoms with E-state index in [1.165, 1.54) is 17.4 Å². The van der Waals surface area contributed by atoms with Gasteiger partial charge < -0.3 is 90.1 Å².